The third kappa shape index (κ3) is 3.62. The van der Waals surface area contributed by atoms with E-state index < -0.39 is 0 Å². The van der Waals surface area contributed by atoms with Crippen molar-refractivity contribution in [2.45, 2.75) is 53.2 Å². The summed E-state index contributed by atoms with van der Waals surface area (Å²) in [6.45, 7) is 10.4. The van der Waals surface area contributed by atoms with Crippen LogP contribution < -0.4 is 5.32 Å². The van der Waals surface area contributed by atoms with Crippen LogP contribution in [0.3, 0.4) is 0 Å². The smallest absolute Gasteiger partial charge is 0.252 e. The van der Waals surface area contributed by atoms with Gasteiger partial charge in [0.2, 0.25) is 0 Å². The number of aromatic nitrogens is 3. The Morgan fingerprint density at radius 3 is 2.93 bits per heavy atom. The largest absolute Gasteiger partial charge is 0.361 e. The minimum absolute atomic E-state index is 0.0294. The number of rotatable bonds is 5. The summed E-state index contributed by atoms with van der Waals surface area (Å²) in [5, 5.41) is 9.10. The van der Waals surface area contributed by atoms with E-state index in [0.717, 1.165) is 54.6 Å². The average Bonchev–Trinajstić information content (AvgIpc) is 3.36. The van der Waals surface area contributed by atoms with Crippen LogP contribution in [0.15, 0.2) is 16.1 Å². The number of hydrogen-bond acceptors (Lipinski definition) is 6. The highest BCUT2D eigenvalue weighted by Crippen LogP contribution is 2.30. The number of thiophene rings is 1. The lowest BCUT2D eigenvalue weighted by atomic mass is 10.0. The highest BCUT2D eigenvalue weighted by molar-refractivity contribution is 7.10. The van der Waals surface area contributed by atoms with E-state index in [1.165, 1.54) is 16.0 Å². The molecule has 1 amide bonds. The molecule has 8 heteroatoms. The van der Waals surface area contributed by atoms with Crippen molar-refractivity contribution in [3.05, 3.63) is 56.1 Å². The van der Waals surface area contributed by atoms with Gasteiger partial charge < -0.3 is 14.8 Å². The van der Waals surface area contributed by atoms with Crippen LogP contribution in [-0.2, 0) is 19.5 Å². The lowest BCUT2D eigenvalue weighted by Gasteiger charge is -2.27. The van der Waals surface area contributed by atoms with Crippen molar-refractivity contribution >= 4 is 17.2 Å². The third-order valence-corrected chi connectivity index (χ3v) is 6.33. The highest BCUT2D eigenvalue weighted by atomic mass is 32.1. The second kappa shape index (κ2) is 7.52. The van der Waals surface area contributed by atoms with Crippen LogP contribution in [0.4, 0.5) is 0 Å². The van der Waals surface area contributed by atoms with Crippen molar-refractivity contribution in [2.24, 2.45) is 0 Å². The minimum atomic E-state index is -0.156. The number of amides is 1. The fraction of sp³-hybridized carbons (Fsp3) is 0.450. The summed E-state index contributed by atoms with van der Waals surface area (Å²) in [6, 6.07) is -0.156. The summed E-state index contributed by atoms with van der Waals surface area (Å²) in [7, 11) is 0. The number of carbonyl (C=O) groups is 1. The SMILES string of the molecule is Cc1cnc([C@@H](C)NC(=O)c2csc3c2CCN(Cc2c(C)noc2C)C3)[nH]1. The first-order chi connectivity index (χ1) is 13.4. The van der Waals surface area contributed by atoms with E-state index in [1.807, 2.05) is 33.1 Å². The second-order valence-electron chi connectivity index (χ2n) is 7.46. The maximum atomic E-state index is 12.8. The molecule has 0 saturated heterocycles. The molecule has 28 heavy (non-hydrogen) atoms. The van der Waals surface area contributed by atoms with Gasteiger partial charge in [-0.25, -0.2) is 4.98 Å². The summed E-state index contributed by atoms with van der Waals surface area (Å²) in [5.74, 6) is 1.63. The average molecular weight is 400 g/mol. The molecule has 0 radical (unpaired) electrons. The maximum absolute atomic E-state index is 12.8. The summed E-state index contributed by atoms with van der Waals surface area (Å²) in [4.78, 5) is 24.0. The molecule has 4 heterocycles. The second-order valence-corrected chi connectivity index (χ2v) is 8.43. The van der Waals surface area contributed by atoms with Crippen LogP contribution in [0.2, 0.25) is 0 Å². The summed E-state index contributed by atoms with van der Waals surface area (Å²) in [6.07, 6.45) is 2.65. The van der Waals surface area contributed by atoms with E-state index >= 15 is 0 Å². The van der Waals surface area contributed by atoms with Gasteiger partial charge in [-0.15, -0.1) is 11.3 Å². The van der Waals surface area contributed by atoms with Crippen LogP contribution in [0.25, 0.3) is 0 Å². The van der Waals surface area contributed by atoms with Crippen LogP contribution in [-0.4, -0.2) is 32.5 Å². The predicted molar refractivity (Wildman–Crippen MR) is 107 cm³/mol. The zero-order valence-electron chi connectivity index (χ0n) is 16.6. The number of aryl methyl sites for hydroxylation is 3. The quantitative estimate of drug-likeness (QED) is 0.686. The normalized spacial score (nSPS) is 15.4. The summed E-state index contributed by atoms with van der Waals surface area (Å²) >= 11 is 1.67. The summed E-state index contributed by atoms with van der Waals surface area (Å²) < 4.78 is 5.28. The molecule has 148 valence electrons. The third-order valence-electron chi connectivity index (χ3n) is 5.31. The Kier molecular flexibility index (Phi) is 5.07. The van der Waals surface area contributed by atoms with Gasteiger partial charge in [0.15, 0.2) is 0 Å². The van der Waals surface area contributed by atoms with Gasteiger partial charge in [0.05, 0.1) is 17.3 Å². The topological polar surface area (TPSA) is 87.1 Å². The van der Waals surface area contributed by atoms with Crippen molar-refractivity contribution in [3.63, 3.8) is 0 Å². The molecule has 0 fully saturated rings. The van der Waals surface area contributed by atoms with Gasteiger partial charge >= 0.3 is 0 Å². The highest BCUT2D eigenvalue weighted by Gasteiger charge is 2.26. The first kappa shape index (κ1) is 18.9. The Hall–Kier alpha value is -2.45. The molecule has 1 aliphatic rings. The van der Waals surface area contributed by atoms with Gasteiger partial charge in [0, 0.05) is 47.3 Å². The van der Waals surface area contributed by atoms with E-state index in [1.54, 1.807) is 17.5 Å². The molecule has 1 aliphatic heterocycles. The monoisotopic (exact) mass is 399 g/mol. The zero-order chi connectivity index (χ0) is 19.8. The Labute approximate surface area is 168 Å². The molecule has 7 nitrogen and oxygen atoms in total. The predicted octanol–water partition coefficient (Wildman–Crippen LogP) is 3.43. The van der Waals surface area contributed by atoms with Gasteiger partial charge in [-0.05, 0) is 39.7 Å². The molecule has 3 aromatic rings. The number of nitrogens with zero attached hydrogens (tertiary/aromatic N) is 3. The Balaban J connectivity index is 1.44. The van der Waals surface area contributed by atoms with Crippen LogP contribution in [0.1, 0.15) is 62.3 Å². The lowest BCUT2D eigenvalue weighted by Crippen LogP contribution is -2.32. The Morgan fingerprint density at radius 1 is 1.43 bits per heavy atom. The van der Waals surface area contributed by atoms with E-state index in [0.29, 0.717) is 0 Å². The molecule has 0 aromatic carbocycles. The van der Waals surface area contributed by atoms with Crippen molar-refractivity contribution < 1.29 is 9.32 Å². The number of aromatic amines is 1. The van der Waals surface area contributed by atoms with E-state index in [-0.39, 0.29) is 11.9 Å². The van der Waals surface area contributed by atoms with Gasteiger partial charge in [-0.1, -0.05) is 5.16 Å². The Morgan fingerprint density at radius 2 is 2.25 bits per heavy atom. The molecule has 0 spiro atoms. The molecule has 0 aliphatic carbocycles. The fourth-order valence-corrected chi connectivity index (χ4v) is 4.77. The molecular formula is C20H25N5O2S. The number of nitrogens with one attached hydrogen (secondary N) is 2. The van der Waals surface area contributed by atoms with Crippen molar-refractivity contribution in [2.75, 3.05) is 6.54 Å². The summed E-state index contributed by atoms with van der Waals surface area (Å²) in [5.41, 5.74) is 5.09. The van der Waals surface area contributed by atoms with Gasteiger partial charge in [-0.2, -0.15) is 0 Å². The molecule has 1 atom stereocenters. The standard InChI is InChI=1S/C20H25N5O2S/c1-11-7-21-19(22-11)13(3)23-20(26)17-10-28-18-9-25(6-5-15(17)18)8-16-12(2)24-27-14(16)4/h7,10,13H,5-6,8-9H2,1-4H3,(H,21,22)(H,23,26)/t13-/m1/s1. The van der Waals surface area contributed by atoms with Crippen LogP contribution in [0, 0.1) is 20.8 Å². The molecule has 3 aromatic heterocycles. The van der Waals surface area contributed by atoms with E-state index in [2.05, 4.69) is 25.3 Å². The van der Waals surface area contributed by atoms with E-state index in [9.17, 15) is 4.79 Å². The van der Waals surface area contributed by atoms with Gasteiger partial charge in [-0.3, -0.25) is 9.69 Å². The Bertz CT molecular complexity index is 983. The first-order valence-corrected chi connectivity index (χ1v) is 10.4. The molecular weight excluding hydrogens is 374 g/mol. The molecule has 2 N–H and O–H groups in total. The van der Waals surface area contributed by atoms with Crippen molar-refractivity contribution in [1.29, 1.82) is 0 Å². The van der Waals surface area contributed by atoms with Crippen molar-refractivity contribution in [3.8, 4) is 0 Å². The molecule has 0 unspecified atom stereocenters. The number of H-pyrrole nitrogens is 1. The molecule has 0 bridgehead atoms. The van der Waals surface area contributed by atoms with Gasteiger partial charge in [0.1, 0.15) is 11.6 Å². The molecule has 0 saturated carbocycles. The first-order valence-electron chi connectivity index (χ1n) is 9.48. The lowest BCUT2D eigenvalue weighted by molar-refractivity contribution is 0.0937. The van der Waals surface area contributed by atoms with Gasteiger partial charge in [0.25, 0.3) is 5.91 Å². The number of imidazole rings is 1. The zero-order valence-corrected chi connectivity index (χ0v) is 17.4. The van der Waals surface area contributed by atoms with E-state index in [4.69, 9.17) is 4.52 Å². The minimum Gasteiger partial charge on any atom is -0.361 e. The number of fused-ring (bicyclic) bond motifs is 1. The van der Waals surface area contributed by atoms with Crippen LogP contribution in [0.5, 0.6) is 0 Å². The number of hydrogen-bond donors (Lipinski definition) is 2. The maximum Gasteiger partial charge on any atom is 0.252 e. The van der Waals surface area contributed by atoms with Crippen molar-refractivity contribution in [1.82, 2.24) is 25.3 Å². The number of carbonyl (C=O) groups excluding carboxylic acids is 1. The van der Waals surface area contributed by atoms with Crippen LogP contribution >= 0.6 is 11.3 Å². The molecule has 4 rings (SSSR count). The fourth-order valence-electron chi connectivity index (χ4n) is 3.65.